The van der Waals surface area contributed by atoms with Crippen molar-refractivity contribution in [2.75, 3.05) is 0 Å². The van der Waals surface area contributed by atoms with Gasteiger partial charge >= 0.3 is 0 Å². The maximum absolute atomic E-state index is 13.0. The first-order valence-electron chi connectivity index (χ1n) is 8.72. The van der Waals surface area contributed by atoms with Crippen LogP contribution in [-0.2, 0) is 5.54 Å². The molecule has 1 fully saturated rings. The first kappa shape index (κ1) is 17.1. The summed E-state index contributed by atoms with van der Waals surface area (Å²) in [6.45, 7) is 6.02. The van der Waals surface area contributed by atoms with E-state index in [1.54, 1.807) is 6.92 Å². The summed E-state index contributed by atoms with van der Waals surface area (Å²) in [7, 11) is 0. The number of hydrogen-bond acceptors (Lipinski definition) is 5. The van der Waals surface area contributed by atoms with Crippen molar-refractivity contribution in [2.45, 2.75) is 70.8 Å². The highest BCUT2D eigenvalue weighted by atomic mass is 32.1. The lowest BCUT2D eigenvalue weighted by Gasteiger charge is -2.30. The lowest BCUT2D eigenvalue weighted by atomic mass is 9.88. The quantitative estimate of drug-likeness (QED) is 0.824. The molecule has 5 nitrogen and oxygen atoms in total. The molecule has 0 unspecified atom stereocenters. The second-order valence-corrected chi connectivity index (χ2v) is 7.86. The molecule has 6 heteroatoms. The lowest BCUT2D eigenvalue weighted by molar-refractivity contribution is 0.0879. The third-order valence-corrected chi connectivity index (χ3v) is 5.72. The summed E-state index contributed by atoms with van der Waals surface area (Å²) in [5.74, 6) is 1.48. The van der Waals surface area contributed by atoms with Crippen molar-refractivity contribution >= 4 is 17.2 Å². The molecule has 1 aliphatic rings. The van der Waals surface area contributed by atoms with Crippen molar-refractivity contribution in [3.05, 3.63) is 33.6 Å². The first-order chi connectivity index (χ1) is 11.5. The van der Waals surface area contributed by atoms with Crippen molar-refractivity contribution < 1.29 is 9.32 Å². The van der Waals surface area contributed by atoms with E-state index in [0.717, 1.165) is 36.1 Å². The predicted molar refractivity (Wildman–Crippen MR) is 94.3 cm³/mol. The Hall–Kier alpha value is -1.69. The standard InChI is InChI=1S/C18H25N3O2S/c1-12(2)14-8-11-24-15(14)16(22)20-18(9-6-4-5-7-10-18)17-19-13(3)23-21-17/h8,11-12H,4-7,9-10H2,1-3H3,(H,20,22). The molecule has 2 aromatic heterocycles. The molecule has 1 aliphatic carbocycles. The van der Waals surface area contributed by atoms with Gasteiger partial charge in [-0.2, -0.15) is 4.98 Å². The van der Waals surface area contributed by atoms with Crippen molar-refractivity contribution in [3.8, 4) is 0 Å². The summed E-state index contributed by atoms with van der Waals surface area (Å²) in [5.41, 5.74) is 0.592. The van der Waals surface area contributed by atoms with Crippen LogP contribution in [0.25, 0.3) is 0 Å². The zero-order valence-corrected chi connectivity index (χ0v) is 15.4. The highest BCUT2D eigenvalue weighted by Gasteiger charge is 2.39. The molecule has 0 saturated heterocycles. The molecule has 0 atom stereocenters. The van der Waals surface area contributed by atoms with Gasteiger partial charge in [-0.15, -0.1) is 11.3 Å². The SMILES string of the molecule is Cc1nc(C2(NC(=O)c3sccc3C(C)C)CCCCCC2)no1. The number of rotatable bonds is 4. The van der Waals surface area contributed by atoms with Gasteiger partial charge < -0.3 is 9.84 Å². The minimum atomic E-state index is -0.510. The zero-order chi connectivity index (χ0) is 17.2. The number of amides is 1. The van der Waals surface area contributed by atoms with E-state index in [2.05, 4.69) is 29.3 Å². The average Bonchev–Trinajstić information content (AvgIpc) is 3.14. The Morgan fingerprint density at radius 1 is 1.29 bits per heavy atom. The normalized spacial score (nSPS) is 17.7. The molecule has 130 valence electrons. The highest BCUT2D eigenvalue weighted by molar-refractivity contribution is 7.12. The second-order valence-electron chi connectivity index (χ2n) is 6.95. The topological polar surface area (TPSA) is 68.0 Å². The Kier molecular flexibility index (Phi) is 5.04. The van der Waals surface area contributed by atoms with Crippen LogP contribution in [0.2, 0.25) is 0 Å². The highest BCUT2D eigenvalue weighted by Crippen LogP contribution is 2.35. The number of carbonyl (C=O) groups excluding carboxylic acids is 1. The first-order valence-corrected chi connectivity index (χ1v) is 9.60. The summed E-state index contributed by atoms with van der Waals surface area (Å²) in [6.07, 6.45) is 6.22. The Balaban J connectivity index is 1.91. The molecule has 24 heavy (non-hydrogen) atoms. The van der Waals surface area contributed by atoms with Crippen molar-refractivity contribution in [1.29, 1.82) is 0 Å². The van der Waals surface area contributed by atoms with Crippen LogP contribution < -0.4 is 5.32 Å². The number of aromatic nitrogens is 2. The van der Waals surface area contributed by atoms with Gasteiger partial charge in [-0.3, -0.25) is 4.79 Å². The van der Waals surface area contributed by atoms with Gasteiger partial charge in [0, 0.05) is 6.92 Å². The maximum atomic E-state index is 13.0. The van der Waals surface area contributed by atoms with Crippen molar-refractivity contribution in [1.82, 2.24) is 15.5 Å². The Labute approximate surface area is 146 Å². The lowest BCUT2D eigenvalue weighted by Crippen LogP contribution is -2.46. The Morgan fingerprint density at radius 2 is 2.00 bits per heavy atom. The van der Waals surface area contributed by atoms with Crippen LogP contribution in [0.5, 0.6) is 0 Å². The third-order valence-electron chi connectivity index (χ3n) is 4.79. The Bertz CT molecular complexity index is 697. The maximum Gasteiger partial charge on any atom is 0.262 e. The number of thiophene rings is 1. The van der Waals surface area contributed by atoms with E-state index in [1.165, 1.54) is 24.2 Å². The van der Waals surface area contributed by atoms with E-state index in [0.29, 0.717) is 17.6 Å². The van der Waals surface area contributed by atoms with Crippen LogP contribution >= 0.6 is 11.3 Å². The molecule has 0 spiro atoms. The van der Waals surface area contributed by atoms with Gasteiger partial charge in [0.1, 0.15) is 5.54 Å². The van der Waals surface area contributed by atoms with E-state index in [-0.39, 0.29) is 5.91 Å². The smallest absolute Gasteiger partial charge is 0.262 e. The van der Waals surface area contributed by atoms with Crippen LogP contribution in [0.1, 0.15) is 85.2 Å². The average molecular weight is 347 g/mol. The minimum Gasteiger partial charge on any atom is -0.340 e. The summed E-state index contributed by atoms with van der Waals surface area (Å²) in [5, 5.41) is 9.42. The van der Waals surface area contributed by atoms with Gasteiger partial charge in [-0.25, -0.2) is 0 Å². The van der Waals surface area contributed by atoms with Crippen molar-refractivity contribution in [2.24, 2.45) is 0 Å². The van der Waals surface area contributed by atoms with Gasteiger partial charge in [-0.05, 0) is 35.8 Å². The molecule has 1 saturated carbocycles. The summed E-state index contributed by atoms with van der Waals surface area (Å²) in [6, 6.07) is 2.04. The van der Waals surface area contributed by atoms with Crippen LogP contribution in [0.4, 0.5) is 0 Å². The van der Waals surface area contributed by atoms with Crippen LogP contribution in [0, 0.1) is 6.92 Å². The van der Waals surface area contributed by atoms with Gasteiger partial charge in [-0.1, -0.05) is 44.7 Å². The van der Waals surface area contributed by atoms with E-state index in [9.17, 15) is 4.79 Å². The molecule has 0 aromatic carbocycles. The van der Waals surface area contributed by atoms with Crippen LogP contribution in [0.3, 0.4) is 0 Å². The van der Waals surface area contributed by atoms with Gasteiger partial charge in [0.25, 0.3) is 5.91 Å². The van der Waals surface area contributed by atoms with E-state index in [4.69, 9.17) is 4.52 Å². The zero-order valence-electron chi connectivity index (χ0n) is 14.6. The summed E-state index contributed by atoms with van der Waals surface area (Å²) < 4.78 is 5.21. The monoisotopic (exact) mass is 347 g/mol. The molecule has 0 aliphatic heterocycles. The van der Waals surface area contributed by atoms with Crippen LogP contribution in [-0.4, -0.2) is 16.0 Å². The molecule has 3 rings (SSSR count). The van der Waals surface area contributed by atoms with Crippen molar-refractivity contribution in [3.63, 3.8) is 0 Å². The summed E-state index contributed by atoms with van der Waals surface area (Å²) >= 11 is 1.50. The number of aryl methyl sites for hydroxylation is 1. The second kappa shape index (κ2) is 7.05. The fourth-order valence-electron chi connectivity index (χ4n) is 3.46. The number of nitrogens with one attached hydrogen (secondary N) is 1. The van der Waals surface area contributed by atoms with E-state index >= 15 is 0 Å². The number of carbonyl (C=O) groups is 1. The molecule has 1 N–H and O–H groups in total. The largest absolute Gasteiger partial charge is 0.340 e. The van der Waals surface area contributed by atoms with Gasteiger partial charge in [0.2, 0.25) is 5.89 Å². The summed E-state index contributed by atoms with van der Waals surface area (Å²) in [4.78, 5) is 18.3. The van der Waals surface area contributed by atoms with Gasteiger partial charge in [0.15, 0.2) is 5.82 Å². The molecular weight excluding hydrogens is 322 g/mol. The Morgan fingerprint density at radius 3 is 2.58 bits per heavy atom. The fourth-order valence-corrected chi connectivity index (χ4v) is 4.41. The molecule has 0 bridgehead atoms. The van der Waals surface area contributed by atoms with E-state index < -0.39 is 5.54 Å². The van der Waals surface area contributed by atoms with Crippen LogP contribution in [0.15, 0.2) is 16.0 Å². The number of nitrogens with zero attached hydrogens (tertiary/aromatic N) is 2. The molecular formula is C18H25N3O2S. The molecule has 1 amide bonds. The third kappa shape index (κ3) is 3.38. The number of hydrogen-bond donors (Lipinski definition) is 1. The fraction of sp³-hybridized carbons (Fsp3) is 0.611. The minimum absolute atomic E-state index is 0.0157. The molecule has 2 aromatic rings. The van der Waals surface area contributed by atoms with E-state index in [1.807, 2.05) is 11.4 Å². The molecule has 0 radical (unpaired) electrons. The predicted octanol–water partition coefficient (Wildman–Crippen LogP) is 4.54. The molecule has 2 heterocycles. The van der Waals surface area contributed by atoms with Gasteiger partial charge in [0.05, 0.1) is 4.88 Å².